The van der Waals surface area contributed by atoms with Crippen molar-refractivity contribution < 1.29 is 4.79 Å². The maximum Gasteiger partial charge on any atom is 0.183 e. The summed E-state index contributed by atoms with van der Waals surface area (Å²) in [4.78, 5) is 12.2. The predicted octanol–water partition coefficient (Wildman–Crippen LogP) is 2.78. The van der Waals surface area contributed by atoms with Gasteiger partial charge in [0.2, 0.25) is 0 Å². The van der Waals surface area contributed by atoms with Gasteiger partial charge in [0.05, 0.1) is 10.7 Å². The van der Waals surface area contributed by atoms with Crippen LogP contribution < -0.4 is 5.73 Å². The van der Waals surface area contributed by atoms with Gasteiger partial charge in [-0.25, -0.2) is 0 Å². The number of hydrogen-bond acceptors (Lipinski definition) is 3. The third-order valence-corrected chi connectivity index (χ3v) is 3.36. The molecule has 0 aliphatic heterocycles. The smallest absolute Gasteiger partial charge is 0.183 e. The minimum Gasteiger partial charge on any atom is -0.327 e. The number of ketones is 1. The van der Waals surface area contributed by atoms with Gasteiger partial charge in [0.25, 0.3) is 0 Å². The Morgan fingerprint density at radius 1 is 1.47 bits per heavy atom. The summed E-state index contributed by atoms with van der Waals surface area (Å²) in [6.45, 7) is 8.04. The SMILES string of the molecule is CC(C)C(N)CC(=O)c1c(Br)cnn1C(C)C. The lowest BCUT2D eigenvalue weighted by Gasteiger charge is -2.16. The highest BCUT2D eigenvalue weighted by molar-refractivity contribution is 9.10. The van der Waals surface area contributed by atoms with Crippen LogP contribution in [0.1, 0.15) is 50.6 Å². The Bertz CT molecular complexity index is 398. The summed E-state index contributed by atoms with van der Waals surface area (Å²) in [6, 6.07) is 0.0560. The first-order chi connectivity index (χ1) is 7.84. The highest BCUT2D eigenvalue weighted by Crippen LogP contribution is 2.22. The van der Waals surface area contributed by atoms with E-state index in [2.05, 4.69) is 21.0 Å². The maximum atomic E-state index is 12.2. The van der Waals surface area contributed by atoms with Gasteiger partial charge < -0.3 is 5.73 Å². The summed E-state index contributed by atoms with van der Waals surface area (Å²) >= 11 is 3.37. The number of hydrogen-bond donors (Lipinski definition) is 1. The number of rotatable bonds is 5. The van der Waals surface area contributed by atoms with Crippen molar-refractivity contribution >= 4 is 21.7 Å². The monoisotopic (exact) mass is 301 g/mol. The Morgan fingerprint density at radius 2 is 2.06 bits per heavy atom. The van der Waals surface area contributed by atoms with Crippen molar-refractivity contribution in [3.63, 3.8) is 0 Å². The zero-order chi connectivity index (χ0) is 13.2. The van der Waals surface area contributed by atoms with Crippen molar-refractivity contribution in [1.29, 1.82) is 0 Å². The van der Waals surface area contributed by atoms with E-state index in [1.165, 1.54) is 0 Å². The summed E-state index contributed by atoms with van der Waals surface area (Å²) in [5, 5.41) is 4.20. The zero-order valence-electron chi connectivity index (χ0n) is 10.8. The van der Waals surface area contributed by atoms with Gasteiger partial charge in [-0.2, -0.15) is 5.10 Å². The van der Waals surface area contributed by atoms with E-state index in [9.17, 15) is 4.79 Å². The van der Waals surface area contributed by atoms with Crippen LogP contribution in [-0.2, 0) is 0 Å². The van der Waals surface area contributed by atoms with Gasteiger partial charge in [-0.1, -0.05) is 13.8 Å². The molecule has 0 aromatic carbocycles. The fourth-order valence-corrected chi connectivity index (χ4v) is 2.03. The largest absolute Gasteiger partial charge is 0.327 e. The standard InChI is InChI=1S/C12H20BrN3O/c1-7(2)10(14)5-11(17)12-9(13)6-15-16(12)8(3)4/h6-8,10H,5,14H2,1-4H3. The van der Waals surface area contributed by atoms with E-state index in [-0.39, 0.29) is 17.9 Å². The van der Waals surface area contributed by atoms with Crippen LogP contribution in [0.15, 0.2) is 10.7 Å². The van der Waals surface area contributed by atoms with Crippen LogP contribution >= 0.6 is 15.9 Å². The van der Waals surface area contributed by atoms with Crippen molar-refractivity contribution in [1.82, 2.24) is 9.78 Å². The van der Waals surface area contributed by atoms with Crippen LogP contribution in [0, 0.1) is 5.92 Å². The molecule has 96 valence electrons. The fraction of sp³-hybridized carbons (Fsp3) is 0.667. The molecule has 2 N–H and O–H groups in total. The van der Waals surface area contributed by atoms with Crippen LogP contribution in [0.25, 0.3) is 0 Å². The molecule has 1 unspecified atom stereocenters. The van der Waals surface area contributed by atoms with Gasteiger partial charge in [-0.15, -0.1) is 0 Å². The maximum absolute atomic E-state index is 12.2. The normalized spacial score (nSPS) is 13.4. The topological polar surface area (TPSA) is 60.9 Å². The summed E-state index contributed by atoms with van der Waals surface area (Å²) < 4.78 is 2.48. The number of carbonyl (C=O) groups is 1. The second-order valence-electron chi connectivity index (χ2n) is 4.91. The molecule has 0 bridgehead atoms. The molecule has 17 heavy (non-hydrogen) atoms. The number of halogens is 1. The average molecular weight is 302 g/mol. The summed E-state index contributed by atoms with van der Waals surface area (Å²) in [5.41, 5.74) is 6.56. The molecule has 0 spiro atoms. The van der Waals surface area contributed by atoms with E-state index in [1.54, 1.807) is 10.9 Å². The van der Waals surface area contributed by atoms with Gasteiger partial charge in [0, 0.05) is 18.5 Å². The third-order valence-electron chi connectivity index (χ3n) is 2.78. The molecule has 0 saturated carbocycles. The average Bonchev–Trinajstić information content (AvgIpc) is 2.59. The molecule has 0 radical (unpaired) electrons. The van der Waals surface area contributed by atoms with Crippen LogP contribution in [0.2, 0.25) is 0 Å². The number of carbonyl (C=O) groups excluding carboxylic acids is 1. The van der Waals surface area contributed by atoms with E-state index in [4.69, 9.17) is 5.73 Å². The van der Waals surface area contributed by atoms with Gasteiger partial charge in [0.15, 0.2) is 5.78 Å². The Labute approximate surface area is 111 Å². The molecule has 0 fully saturated rings. The Balaban J connectivity index is 2.92. The van der Waals surface area contributed by atoms with Crippen LogP contribution in [-0.4, -0.2) is 21.6 Å². The van der Waals surface area contributed by atoms with Crippen LogP contribution in [0.5, 0.6) is 0 Å². The molecule has 1 atom stereocenters. The first kappa shape index (κ1) is 14.4. The molecular formula is C12H20BrN3O. The third kappa shape index (κ3) is 3.39. The van der Waals surface area contributed by atoms with Gasteiger partial charge in [-0.05, 0) is 35.7 Å². The number of aromatic nitrogens is 2. The fourth-order valence-electron chi connectivity index (χ4n) is 1.54. The molecule has 0 amide bonds. The first-order valence-corrected chi connectivity index (χ1v) is 6.65. The van der Waals surface area contributed by atoms with Gasteiger partial charge >= 0.3 is 0 Å². The van der Waals surface area contributed by atoms with E-state index in [1.807, 2.05) is 27.7 Å². The van der Waals surface area contributed by atoms with E-state index in [0.717, 1.165) is 4.47 Å². The minimum absolute atomic E-state index is 0.0456. The Morgan fingerprint density at radius 3 is 2.53 bits per heavy atom. The van der Waals surface area contributed by atoms with E-state index < -0.39 is 0 Å². The molecule has 1 rings (SSSR count). The van der Waals surface area contributed by atoms with Crippen LogP contribution in [0.3, 0.4) is 0 Å². The second-order valence-corrected chi connectivity index (χ2v) is 5.77. The van der Waals surface area contributed by atoms with Gasteiger partial charge in [0.1, 0.15) is 5.69 Å². The lowest BCUT2D eigenvalue weighted by Crippen LogP contribution is -2.30. The summed E-state index contributed by atoms with van der Waals surface area (Å²) in [7, 11) is 0. The van der Waals surface area contributed by atoms with Crippen molar-refractivity contribution in [2.45, 2.75) is 46.2 Å². The van der Waals surface area contributed by atoms with Crippen molar-refractivity contribution in [2.24, 2.45) is 11.7 Å². The molecule has 0 aliphatic rings. The molecular weight excluding hydrogens is 282 g/mol. The van der Waals surface area contributed by atoms with Gasteiger partial charge in [-0.3, -0.25) is 9.48 Å². The lowest BCUT2D eigenvalue weighted by atomic mass is 9.98. The van der Waals surface area contributed by atoms with Crippen molar-refractivity contribution in [3.8, 4) is 0 Å². The zero-order valence-corrected chi connectivity index (χ0v) is 12.4. The highest BCUT2D eigenvalue weighted by Gasteiger charge is 2.21. The Kier molecular flexibility index (Phi) is 4.89. The molecule has 0 saturated heterocycles. The number of nitrogens with two attached hydrogens (primary N) is 1. The molecule has 1 aromatic heterocycles. The number of nitrogens with zero attached hydrogens (tertiary/aromatic N) is 2. The second kappa shape index (κ2) is 5.78. The minimum atomic E-state index is -0.107. The number of Topliss-reactive ketones (excluding diaryl/α,β-unsaturated/α-hetero) is 1. The molecule has 1 aromatic rings. The summed E-state index contributed by atoms with van der Waals surface area (Å²) in [6.07, 6.45) is 2.02. The highest BCUT2D eigenvalue weighted by atomic mass is 79.9. The molecule has 0 aliphatic carbocycles. The van der Waals surface area contributed by atoms with E-state index >= 15 is 0 Å². The van der Waals surface area contributed by atoms with E-state index in [0.29, 0.717) is 18.0 Å². The molecule has 1 heterocycles. The summed E-state index contributed by atoms with van der Waals surface area (Å²) in [5.74, 6) is 0.345. The molecule has 4 nitrogen and oxygen atoms in total. The lowest BCUT2D eigenvalue weighted by molar-refractivity contribution is 0.0954. The van der Waals surface area contributed by atoms with Crippen LogP contribution in [0.4, 0.5) is 0 Å². The molecule has 5 heteroatoms. The Hall–Kier alpha value is -0.680. The van der Waals surface area contributed by atoms with Crippen molar-refractivity contribution in [3.05, 3.63) is 16.4 Å². The predicted molar refractivity (Wildman–Crippen MR) is 72.1 cm³/mol. The first-order valence-electron chi connectivity index (χ1n) is 5.86. The quantitative estimate of drug-likeness (QED) is 0.851. The van der Waals surface area contributed by atoms with Crippen molar-refractivity contribution in [2.75, 3.05) is 0 Å².